The van der Waals surface area contributed by atoms with Crippen molar-refractivity contribution in [3.8, 4) is 0 Å². The molecular formula is C19H14Cl4N2O2S. The first kappa shape index (κ1) is 21.1. The zero-order valence-electron chi connectivity index (χ0n) is 14.2. The maximum absolute atomic E-state index is 12.6. The Morgan fingerprint density at radius 1 is 0.821 bits per heavy atom. The largest absolute Gasteiger partial charge is 0.381 e. The van der Waals surface area contributed by atoms with Crippen LogP contribution in [0, 0.1) is 0 Å². The molecule has 0 saturated carbocycles. The molecule has 9 heteroatoms. The van der Waals surface area contributed by atoms with Crippen LogP contribution >= 0.6 is 46.4 Å². The van der Waals surface area contributed by atoms with Crippen LogP contribution in [0.15, 0.2) is 65.6 Å². The Bertz CT molecular complexity index is 1080. The SMILES string of the molecule is O=S(=O)(Nc1ccccc1CNc1cc(Cl)c(Cl)c(Cl)c1)c1ccc(Cl)cc1. The van der Waals surface area contributed by atoms with Gasteiger partial charge in [-0.2, -0.15) is 0 Å². The molecule has 2 N–H and O–H groups in total. The average Bonchev–Trinajstić information content (AvgIpc) is 2.65. The topological polar surface area (TPSA) is 58.2 Å². The lowest BCUT2D eigenvalue weighted by atomic mass is 10.2. The second-order valence-corrected chi connectivity index (χ2v) is 9.14. The van der Waals surface area contributed by atoms with Crippen LogP contribution in [0.3, 0.4) is 0 Å². The van der Waals surface area contributed by atoms with E-state index in [0.29, 0.717) is 33.0 Å². The Labute approximate surface area is 183 Å². The normalized spacial score (nSPS) is 11.3. The molecule has 3 rings (SSSR count). The van der Waals surface area contributed by atoms with Crippen LogP contribution in [-0.4, -0.2) is 8.42 Å². The van der Waals surface area contributed by atoms with Gasteiger partial charge in [0.25, 0.3) is 10.0 Å². The molecule has 0 unspecified atom stereocenters. The smallest absolute Gasteiger partial charge is 0.261 e. The number of anilines is 2. The number of rotatable bonds is 6. The summed E-state index contributed by atoms with van der Waals surface area (Å²) in [6, 6.07) is 16.3. The number of halogens is 4. The third kappa shape index (κ3) is 5.04. The maximum atomic E-state index is 12.6. The van der Waals surface area contributed by atoms with Gasteiger partial charge in [0.2, 0.25) is 0 Å². The van der Waals surface area contributed by atoms with Crippen molar-refractivity contribution < 1.29 is 8.42 Å². The van der Waals surface area contributed by atoms with Gasteiger partial charge in [-0.1, -0.05) is 64.6 Å². The summed E-state index contributed by atoms with van der Waals surface area (Å²) in [5, 5.41) is 4.56. The molecule has 0 bridgehead atoms. The summed E-state index contributed by atoms with van der Waals surface area (Å²) in [4.78, 5) is 0.121. The Morgan fingerprint density at radius 3 is 2.07 bits per heavy atom. The third-order valence-electron chi connectivity index (χ3n) is 3.85. The van der Waals surface area contributed by atoms with Crippen LogP contribution in [0.4, 0.5) is 11.4 Å². The molecule has 0 aliphatic rings. The van der Waals surface area contributed by atoms with Crippen molar-refractivity contribution in [1.82, 2.24) is 0 Å². The van der Waals surface area contributed by atoms with Crippen LogP contribution < -0.4 is 10.0 Å². The lowest BCUT2D eigenvalue weighted by molar-refractivity contribution is 0.601. The molecule has 4 nitrogen and oxygen atoms in total. The monoisotopic (exact) mass is 474 g/mol. The van der Waals surface area contributed by atoms with Crippen molar-refractivity contribution in [2.75, 3.05) is 10.0 Å². The summed E-state index contributed by atoms with van der Waals surface area (Å²) in [6.07, 6.45) is 0. The van der Waals surface area contributed by atoms with Crippen LogP contribution in [0.2, 0.25) is 20.1 Å². The highest BCUT2D eigenvalue weighted by molar-refractivity contribution is 7.92. The number of sulfonamides is 1. The molecule has 0 atom stereocenters. The van der Waals surface area contributed by atoms with E-state index >= 15 is 0 Å². The quantitative estimate of drug-likeness (QED) is 0.389. The molecule has 0 aliphatic heterocycles. The number of para-hydroxylation sites is 1. The van der Waals surface area contributed by atoms with E-state index in [1.54, 1.807) is 24.3 Å². The molecule has 0 heterocycles. The fourth-order valence-corrected chi connectivity index (χ4v) is 4.27. The van der Waals surface area contributed by atoms with Gasteiger partial charge in [-0.3, -0.25) is 4.72 Å². The predicted octanol–water partition coefficient (Wildman–Crippen LogP) is 6.71. The van der Waals surface area contributed by atoms with E-state index in [4.69, 9.17) is 46.4 Å². The molecule has 28 heavy (non-hydrogen) atoms. The van der Waals surface area contributed by atoms with Gasteiger partial charge < -0.3 is 5.32 Å². The number of hydrogen-bond donors (Lipinski definition) is 2. The van der Waals surface area contributed by atoms with Gasteiger partial charge in [0, 0.05) is 17.3 Å². The van der Waals surface area contributed by atoms with Gasteiger partial charge in [-0.25, -0.2) is 8.42 Å². The van der Waals surface area contributed by atoms with E-state index in [1.807, 2.05) is 12.1 Å². The standard InChI is InChI=1S/C19H14Cl4N2O2S/c20-13-5-7-15(8-6-13)28(26,27)25-18-4-2-1-3-12(18)11-24-14-9-16(21)19(23)17(22)10-14/h1-10,24-25H,11H2. The summed E-state index contributed by atoms with van der Waals surface area (Å²) in [5.41, 5.74) is 1.85. The Morgan fingerprint density at radius 2 is 1.43 bits per heavy atom. The van der Waals surface area contributed by atoms with Crippen LogP contribution in [0.5, 0.6) is 0 Å². The fourth-order valence-electron chi connectivity index (χ4n) is 2.45. The first-order valence-electron chi connectivity index (χ1n) is 8.01. The molecule has 0 fully saturated rings. The zero-order valence-corrected chi connectivity index (χ0v) is 18.1. The van der Waals surface area contributed by atoms with Gasteiger partial charge >= 0.3 is 0 Å². The van der Waals surface area contributed by atoms with Gasteiger partial charge in [0.05, 0.1) is 25.7 Å². The lowest BCUT2D eigenvalue weighted by Crippen LogP contribution is -2.15. The fraction of sp³-hybridized carbons (Fsp3) is 0.0526. The Kier molecular flexibility index (Phi) is 6.63. The van der Waals surface area contributed by atoms with E-state index in [0.717, 1.165) is 5.56 Å². The van der Waals surface area contributed by atoms with Crippen LogP contribution in [-0.2, 0) is 16.6 Å². The molecule has 0 aliphatic carbocycles. The minimum absolute atomic E-state index is 0.121. The zero-order chi connectivity index (χ0) is 20.3. The van der Waals surface area contributed by atoms with Crippen LogP contribution in [0.25, 0.3) is 0 Å². The first-order chi connectivity index (χ1) is 13.3. The highest BCUT2D eigenvalue weighted by Gasteiger charge is 2.16. The summed E-state index contributed by atoms with van der Waals surface area (Å²) >= 11 is 23.9. The molecule has 0 saturated heterocycles. The molecule has 0 amide bonds. The minimum atomic E-state index is -3.75. The Balaban J connectivity index is 1.81. The number of benzene rings is 3. The predicted molar refractivity (Wildman–Crippen MR) is 118 cm³/mol. The minimum Gasteiger partial charge on any atom is -0.381 e. The molecule has 0 aromatic heterocycles. The summed E-state index contributed by atoms with van der Waals surface area (Å²) in [6.45, 7) is 0.341. The van der Waals surface area contributed by atoms with Crippen molar-refractivity contribution in [3.05, 3.63) is 86.3 Å². The van der Waals surface area contributed by atoms with Crippen molar-refractivity contribution in [3.63, 3.8) is 0 Å². The van der Waals surface area contributed by atoms with E-state index in [9.17, 15) is 8.42 Å². The van der Waals surface area contributed by atoms with Crippen molar-refractivity contribution in [2.45, 2.75) is 11.4 Å². The molecule has 0 radical (unpaired) electrons. The highest BCUT2D eigenvalue weighted by Crippen LogP contribution is 2.33. The average molecular weight is 476 g/mol. The summed E-state index contributed by atoms with van der Waals surface area (Å²) in [5.74, 6) is 0. The van der Waals surface area contributed by atoms with Crippen LogP contribution in [0.1, 0.15) is 5.56 Å². The summed E-state index contributed by atoms with van der Waals surface area (Å²) < 4.78 is 27.9. The summed E-state index contributed by atoms with van der Waals surface area (Å²) in [7, 11) is -3.75. The van der Waals surface area contributed by atoms with Crippen molar-refractivity contribution in [2.24, 2.45) is 0 Å². The first-order valence-corrected chi connectivity index (χ1v) is 11.0. The van der Waals surface area contributed by atoms with Crippen molar-refractivity contribution >= 4 is 67.8 Å². The van der Waals surface area contributed by atoms with E-state index < -0.39 is 10.0 Å². The molecular weight excluding hydrogens is 462 g/mol. The number of nitrogens with one attached hydrogen (secondary N) is 2. The maximum Gasteiger partial charge on any atom is 0.261 e. The van der Waals surface area contributed by atoms with E-state index in [2.05, 4.69) is 10.0 Å². The number of hydrogen-bond acceptors (Lipinski definition) is 3. The van der Waals surface area contributed by atoms with Gasteiger partial charge in [0.15, 0.2) is 0 Å². The molecule has 146 valence electrons. The highest BCUT2D eigenvalue weighted by atomic mass is 35.5. The molecule has 0 spiro atoms. The molecule has 3 aromatic carbocycles. The van der Waals surface area contributed by atoms with Gasteiger partial charge in [-0.15, -0.1) is 0 Å². The van der Waals surface area contributed by atoms with Crippen molar-refractivity contribution in [1.29, 1.82) is 0 Å². The second kappa shape index (κ2) is 8.80. The lowest BCUT2D eigenvalue weighted by Gasteiger charge is -2.14. The molecule has 3 aromatic rings. The van der Waals surface area contributed by atoms with Gasteiger partial charge in [-0.05, 0) is 48.0 Å². The third-order valence-corrected chi connectivity index (χ3v) is 6.68. The van der Waals surface area contributed by atoms with E-state index in [1.165, 1.54) is 24.3 Å². The second-order valence-electron chi connectivity index (χ2n) is 5.82. The van der Waals surface area contributed by atoms with Gasteiger partial charge in [0.1, 0.15) is 0 Å². The van der Waals surface area contributed by atoms with E-state index in [-0.39, 0.29) is 9.92 Å². The Hall–Kier alpha value is -1.63.